The van der Waals surface area contributed by atoms with Gasteiger partial charge < -0.3 is 11.1 Å². The molecule has 0 bridgehead atoms. The van der Waals surface area contributed by atoms with Crippen LogP contribution in [0.25, 0.3) is 0 Å². The van der Waals surface area contributed by atoms with Crippen molar-refractivity contribution in [1.29, 1.82) is 0 Å². The summed E-state index contributed by atoms with van der Waals surface area (Å²) in [6.45, 7) is 2.51. The highest BCUT2D eigenvalue weighted by Crippen LogP contribution is 2.18. The fourth-order valence-corrected chi connectivity index (χ4v) is 1.89. The molecule has 1 aliphatic rings. The summed E-state index contributed by atoms with van der Waals surface area (Å²) in [5.41, 5.74) is 5.53. The van der Waals surface area contributed by atoms with Gasteiger partial charge in [0.2, 0.25) is 5.91 Å². The van der Waals surface area contributed by atoms with Crippen LogP contribution in [-0.2, 0) is 4.79 Å². The molecule has 0 spiro atoms. The predicted molar refractivity (Wildman–Crippen MR) is 69.3 cm³/mol. The zero-order chi connectivity index (χ0) is 12.1. The molecule has 0 saturated heterocycles. The van der Waals surface area contributed by atoms with Gasteiger partial charge in [0.15, 0.2) is 0 Å². The molecular weight excluding hydrogens is 222 g/mol. The van der Waals surface area contributed by atoms with E-state index in [9.17, 15) is 4.79 Å². The van der Waals surface area contributed by atoms with Crippen molar-refractivity contribution in [1.82, 2.24) is 10.2 Å². The first-order chi connectivity index (χ1) is 7.52. The van der Waals surface area contributed by atoms with Gasteiger partial charge in [-0.25, -0.2) is 0 Å². The third kappa shape index (κ3) is 4.90. The molecule has 3 N–H and O–H groups in total. The Morgan fingerprint density at radius 3 is 2.69 bits per heavy atom. The van der Waals surface area contributed by atoms with Crippen molar-refractivity contribution in [2.24, 2.45) is 5.73 Å². The van der Waals surface area contributed by atoms with E-state index in [1.165, 1.54) is 0 Å². The molecule has 1 rings (SSSR count). The van der Waals surface area contributed by atoms with E-state index in [0.29, 0.717) is 24.0 Å². The molecule has 1 amide bonds. The van der Waals surface area contributed by atoms with Crippen LogP contribution >= 0.6 is 12.2 Å². The number of rotatable bonds is 7. The molecule has 5 heteroatoms. The van der Waals surface area contributed by atoms with Gasteiger partial charge in [0.05, 0.1) is 11.5 Å². The van der Waals surface area contributed by atoms with Gasteiger partial charge in [-0.05, 0) is 26.3 Å². The Labute approximate surface area is 103 Å². The number of nitrogens with two attached hydrogens (primary N) is 1. The van der Waals surface area contributed by atoms with Crippen LogP contribution in [0.15, 0.2) is 0 Å². The number of likely N-dealkylation sites (N-methyl/N-ethyl adjacent to an activating group) is 1. The van der Waals surface area contributed by atoms with E-state index in [1.54, 1.807) is 0 Å². The van der Waals surface area contributed by atoms with Crippen molar-refractivity contribution < 1.29 is 4.79 Å². The van der Waals surface area contributed by atoms with E-state index in [1.807, 2.05) is 11.9 Å². The zero-order valence-corrected chi connectivity index (χ0v) is 10.8. The molecule has 16 heavy (non-hydrogen) atoms. The quantitative estimate of drug-likeness (QED) is 0.645. The van der Waals surface area contributed by atoms with Crippen LogP contribution in [0.5, 0.6) is 0 Å². The molecular formula is C11H21N3OS. The summed E-state index contributed by atoms with van der Waals surface area (Å²) in [6, 6.07) is 0.694. The molecule has 92 valence electrons. The smallest absolute Gasteiger partial charge is 0.234 e. The molecule has 1 aliphatic carbocycles. The van der Waals surface area contributed by atoms with Gasteiger partial charge in [-0.2, -0.15) is 0 Å². The number of nitrogens with zero attached hydrogens (tertiary/aromatic N) is 1. The maximum Gasteiger partial charge on any atom is 0.234 e. The van der Waals surface area contributed by atoms with Crippen LogP contribution in [-0.4, -0.2) is 41.5 Å². The van der Waals surface area contributed by atoms with Crippen molar-refractivity contribution in [2.45, 2.75) is 44.7 Å². The minimum atomic E-state index is 0.103. The summed E-state index contributed by atoms with van der Waals surface area (Å²) in [6.07, 6.45) is 3.88. The van der Waals surface area contributed by atoms with Gasteiger partial charge >= 0.3 is 0 Å². The van der Waals surface area contributed by atoms with Crippen LogP contribution in [0, 0.1) is 0 Å². The van der Waals surface area contributed by atoms with E-state index in [0.717, 1.165) is 19.3 Å². The topological polar surface area (TPSA) is 58.4 Å². The molecule has 0 aromatic carbocycles. The Hall–Kier alpha value is -0.680. The average Bonchev–Trinajstić information content (AvgIpc) is 2.97. The van der Waals surface area contributed by atoms with Crippen LogP contribution in [0.4, 0.5) is 0 Å². The second-order valence-corrected chi connectivity index (χ2v) is 5.01. The van der Waals surface area contributed by atoms with Gasteiger partial charge in [0.1, 0.15) is 0 Å². The lowest BCUT2D eigenvalue weighted by molar-refractivity contribution is -0.122. The molecule has 1 saturated carbocycles. The number of carbonyl (C=O) groups is 1. The summed E-state index contributed by atoms with van der Waals surface area (Å²) in [7, 11) is 1.94. The molecule has 0 aliphatic heterocycles. The maximum atomic E-state index is 11.6. The first-order valence-electron chi connectivity index (χ1n) is 5.80. The lowest BCUT2D eigenvalue weighted by Crippen LogP contribution is -2.42. The largest absolute Gasteiger partial charge is 0.393 e. The van der Waals surface area contributed by atoms with Gasteiger partial charge in [0, 0.05) is 18.5 Å². The van der Waals surface area contributed by atoms with Crippen molar-refractivity contribution in [3.63, 3.8) is 0 Å². The summed E-state index contributed by atoms with van der Waals surface area (Å²) in [5.74, 6) is 0.103. The lowest BCUT2D eigenvalue weighted by Gasteiger charge is -2.26. The van der Waals surface area contributed by atoms with Gasteiger partial charge in [-0.15, -0.1) is 0 Å². The summed E-state index contributed by atoms with van der Waals surface area (Å²) in [4.78, 5) is 14.1. The molecule has 0 aromatic heterocycles. The Morgan fingerprint density at radius 1 is 1.62 bits per heavy atom. The molecule has 0 heterocycles. The normalized spacial score (nSPS) is 17.2. The molecule has 4 nitrogen and oxygen atoms in total. The summed E-state index contributed by atoms with van der Waals surface area (Å²) >= 11 is 4.90. The average molecular weight is 243 g/mol. The predicted octanol–water partition coefficient (Wildman–Crippen LogP) is 0.652. The zero-order valence-electron chi connectivity index (χ0n) is 10.0. The standard InChI is InChI=1S/C11H21N3OS/c1-3-9(6-10(12)16)14(2)7-11(15)13-8-4-5-8/h8-9H,3-7H2,1-2H3,(H2,12,16)(H,13,15). The first kappa shape index (κ1) is 13.4. The number of thiocarbonyl (C=S) groups is 1. The van der Waals surface area contributed by atoms with Gasteiger partial charge in [-0.1, -0.05) is 19.1 Å². The second kappa shape index (κ2) is 6.15. The highest BCUT2D eigenvalue weighted by molar-refractivity contribution is 7.80. The third-order valence-electron chi connectivity index (χ3n) is 2.87. The van der Waals surface area contributed by atoms with Gasteiger partial charge in [-0.3, -0.25) is 9.69 Å². The monoisotopic (exact) mass is 243 g/mol. The third-order valence-corrected chi connectivity index (χ3v) is 3.03. The SMILES string of the molecule is CCC(CC(N)=S)N(C)CC(=O)NC1CC1. The van der Waals surface area contributed by atoms with E-state index in [4.69, 9.17) is 18.0 Å². The fraction of sp³-hybridized carbons (Fsp3) is 0.818. The van der Waals surface area contributed by atoms with Crippen molar-refractivity contribution in [3.05, 3.63) is 0 Å². The van der Waals surface area contributed by atoms with Crippen molar-refractivity contribution in [2.75, 3.05) is 13.6 Å². The molecule has 1 unspecified atom stereocenters. The summed E-state index contributed by atoms with van der Waals surface area (Å²) in [5, 5.41) is 2.97. The number of carbonyl (C=O) groups excluding carboxylic acids is 1. The minimum Gasteiger partial charge on any atom is -0.393 e. The number of hydrogen-bond acceptors (Lipinski definition) is 3. The lowest BCUT2D eigenvalue weighted by atomic mass is 10.1. The first-order valence-corrected chi connectivity index (χ1v) is 6.21. The van der Waals surface area contributed by atoms with Crippen LogP contribution in [0.1, 0.15) is 32.6 Å². The number of nitrogens with one attached hydrogen (secondary N) is 1. The molecule has 0 aromatic rings. The van der Waals surface area contributed by atoms with E-state index in [2.05, 4.69) is 12.2 Å². The fourth-order valence-electron chi connectivity index (χ4n) is 1.70. The van der Waals surface area contributed by atoms with Crippen molar-refractivity contribution in [3.8, 4) is 0 Å². The Bertz CT molecular complexity index is 266. The Morgan fingerprint density at radius 2 is 2.25 bits per heavy atom. The van der Waals surface area contributed by atoms with Crippen molar-refractivity contribution >= 4 is 23.1 Å². The van der Waals surface area contributed by atoms with E-state index >= 15 is 0 Å². The Balaban J connectivity index is 2.31. The van der Waals surface area contributed by atoms with E-state index in [-0.39, 0.29) is 11.9 Å². The maximum absolute atomic E-state index is 11.6. The highest BCUT2D eigenvalue weighted by Gasteiger charge is 2.24. The Kier molecular flexibility index (Phi) is 5.15. The summed E-state index contributed by atoms with van der Waals surface area (Å²) < 4.78 is 0. The van der Waals surface area contributed by atoms with Crippen LogP contribution < -0.4 is 11.1 Å². The minimum absolute atomic E-state index is 0.103. The second-order valence-electron chi connectivity index (χ2n) is 4.49. The van der Waals surface area contributed by atoms with Crippen LogP contribution in [0.3, 0.4) is 0 Å². The molecule has 0 radical (unpaired) electrons. The molecule has 1 atom stereocenters. The van der Waals surface area contributed by atoms with Crippen LogP contribution in [0.2, 0.25) is 0 Å². The molecule has 1 fully saturated rings. The van der Waals surface area contributed by atoms with Gasteiger partial charge in [0.25, 0.3) is 0 Å². The number of hydrogen-bond donors (Lipinski definition) is 2. The number of amides is 1. The highest BCUT2D eigenvalue weighted by atomic mass is 32.1. The van der Waals surface area contributed by atoms with E-state index < -0.39 is 0 Å².